The normalized spacial score (nSPS) is 17.1. The van der Waals surface area contributed by atoms with Crippen molar-refractivity contribution in [2.75, 3.05) is 19.7 Å². The Morgan fingerprint density at radius 2 is 2.07 bits per heavy atom. The maximum absolute atomic E-state index is 12.8. The van der Waals surface area contributed by atoms with Gasteiger partial charge >= 0.3 is 5.97 Å². The summed E-state index contributed by atoms with van der Waals surface area (Å²) < 4.78 is 5.13. The molecule has 1 aliphatic rings. The number of carbonyl (C=O) groups excluding carboxylic acids is 1. The zero-order valence-corrected chi connectivity index (χ0v) is 18.2. The molecular weight excluding hydrogens is 374 g/mol. The van der Waals surface area contributed by atoms with Gasteiger partial charge in [-0.05, 0) is 57.7 Å². The van der Waals surface area contributed by atoms with Crippen LogP contribution in [0.15, 0.2) is 4.79 Å². The number of ether oxygens (including phenoxy) is 1. The third-order valence-electron chi connectivity index (χ3n) is 5.74. The number of piperidine rings is 1. The highest BCUT2D eigenvalue weighted by Crippen LogP contribution is 2.30. The van der Waals surface area contributed by atoms with Gasteiger partial charge in [0.1, 0.15) is 10.7 Å². The largest absolute Gasteiger partial charge is 0.466 e. The summed E-state index contributed by atoms with van der Waals surface area (Å²) in [6.07, 6.45) is 3.61. The Bertz CT molecular complexity index is 881. The van der Waals surface area contributed by atoms with Crippen LogP contribution < -0.4 is 5.56 Å². The Hall–Kier alpha value is -1.73. The van der Waals surface area contributed by atoms with Crippen molar-refractivity contribution in [3.63, 3.8) is 0 Å². The fourth-order valence-electron chi connectivity index (χ4n) is 3.83. The van der Waals surface area contributed by atoms with Gasteiger partial charge in [-0.15, -0.1) is 11.3 Å². The van der Waals surface area contributed by atoms with Gasteiger partial charge in [-0.1, -0.05) is 20.3 Å². The van der Waals surface area contributed by atoms with E-state index in [1.165, 1.54) is 4.88 Å². The molecule has 3 rings (SSSR count). The lowest BCUT2D eigenvalue weighted by Gasteiger charge is -2.30. The Balaban J connectivity index is 1.72. The third kappa shape index (κ3) is 4.63. The van der Waals surface area contributed by atoms with Crippen LogP contribution in [0, 0.1) is 18.8 Å². The van der Waals surface area contributed by atoms with E-state index in [4.69, 9.17) is 9.72 Å². The monoisotopic (exact) mass is 405 g/mol. The van der Waals surface area contributed by atoms with Gasteiger partial charge in [-0.3, -0.25) is 14.5 Å². The molecule has 1 aliphatic heterocycles. The second-order valence-corrected chi connectivity index (χ2v) is 9.05. The van der Waals surface area contributed by atoms with E-state index >= 15 is 0 Å². The molecule has 1 unspecified atom stereocenters. The maximum Gasteiger partial charge on any atom is 0.309 e. The standard InChI is InChI=1S/C21H31N3O3S/c1-5-13(3)11-16-14(4)28-20-18(16)19(25)22-17(23-20)12-24-9-7-15(8-10-24)21(26)27-6-2/h13,15H,5-12H2,1-4H3,(H,22,23,25). The SMILES string of the molecule is CCOC(=O)C1CCN(Cc2nc3sc(C)c(CC(C)CC)c3c(=O)[nH]2)CC1. The van der Waals surface area contributed by atoms with Gasteiger partial charge in [-0.2, -0.15) is 0 Å². The summed E-state index contributed by atoms with van der Waals surface area (Å²) in [6.45, 7) is 11.0. The Morgan fingerprint density at radius 1 is 1.36 bits per heavy atom. The Kier molecular flexibility index (Phi) is 6.88. The predicted octanol–water partition coefficient (Wildman–Crippen LogP) is 3.66. The lowest BCUT2D eigenvalue weighted by molar-refractivity contribution is -0.149. The van der Waals surface area contributed by atoms with E-state index in [0.29, 0.717) is 24.9 Å². The van der Waals surface area contributed by atoms with Crippen LogP contribution >= 0.6 is 11.3 Å². The molecule has 0 aromatic carbocycles. The van der Waals surface area contributed by atoms with Crippen LogP contribution in [0.5, 0.6) is 0 Å². The molecule has 0 amide bonds. The van der Waals surface area contributed by atoms with Crippen molar-refractivity contribution in [2.24, 2.45) is 11.8 Å². The van der Waals surface area contributed by atoms with Gasteiger partial charge in [0, 0.05) is 4.88 Å². The highest BCUT2D eigenvalue weighted by atomic mass is 32.1. The van der Waals surface area contributed by atoms with Gasteiger partial charge in [-0.25, -0.2) is 4.98 Å². The smallest absolute Gasteiger partial charge is 0.309 e. The molecule has 0 saturated carbocycles. The number of aromatic nitrogens is 2. The van der Waals surface area contributed by atoms with Crippen molar-refractivity contribution >= 4 is 27.5 Å². The van der Waals surface area contributed by atoms with Crippen molar-refractivity contribution < 1.29 is 9.53 Å². The minimum atomic E-state index is -0.0852. The van der Waals surface area contributed by atoms with Crippen molar-refractivity contribution in [2.45, 2.75) is 59.9 Å². The summed E-state index contributed by atoms with van der Waals surface area (Å²) in [5.41, 5.74) is 1.13. The fourth-order valence-corrected chi connectivity index (χ4v) is 4.90. The molecule has 0 radical (unpaired) electrons. The second kappa shape index (κ2) is 9.18. The van der Waals surface area contributed by atoms with Gasteiger partial charge < -0.3 is 9.72 Å². The zero-order valence-electron chi connectivity index (χ0n) is 17.3. The molecule has 0 bridgehead atoms. The quantitative estimate of drug-likeness (QED) is 0.712. The molecule has 28 heavy (non-hydrogen) atoms. The van der Waals surface area contributed by atoms with Crippen LogP contribution in [0.4, 0.5) is 0 Å². The summed E-state index contributed by atoms with van der Waals surface area (Å²) in [5, 5.41) is 0.771. The summed E-state index contributed by atoms with van der Waals surface area (Å²) in [7, 11) is 0. The zero-order chi connectivity index (χ0) is 20.3. The highest BCUT2D eigenvalue weighted by Gasteiger charge is 2.26. The minimum absolute atomic E-state index is 0.00579. The third-order valence-corrected chi connectivity index (χ3v) is 6.78. The number of nitrogens with one attached hydrogen (secondary N) is 1. The molecule has 0 aliphatic carbocycles. The van der Waals surface area contributed by atoms with Crippen molar-refractivity contribution in [3.05, 3.63) is 26.6 Å². The van der Waals surface area contributed by atoms with Crippen molar-refractivity contribution in [3.8, 4) is 0 Å². The number of likely N-dealkylation sites (tertiary alicyclic amines) is 1. The van der Waals surface area contributed by atoms with E-state index in [1.807, 2.05) is 6.92 Å². The number of thiophene rings is 1. The molecule has 154 valence electrons. The van der Waals surface area contributed by atoms with Crippen LogP contribution in [0.3, 0.4) is 0 Å². The molecule has 2 aromatic rings. The lowest BCUT2D eigenvalue weighted by atomic mass is 9.97. The molecule has 0 spiro atoms. The number of rotatable bonds is 7. The summed E-state index contributed by atoms with van der Waals surface area (Å²) in [6, 6.07) is 0. The molecule has 2 aromatic heterocycles. The number of nitrogens with zero attached hydrogens (tertiary/aromatic N) is 2. The topological polar surface area (TPSA) is 75.3 Å². The first-order chi connectivity index (χ1) is 13.4. The summed E-state index contributed by atoms with van der Waals surface area (Å²) in [5.74, 6) is 1.17. The molecular formula is C21H31N3O3S. The van der Waals surface area contributed by atoms with E-state index in [9.17, 15) is 9.59 Å². The summed E-state index contributed by atoms with van der Waals surface area (Å²) >= 11 is 1.62. The fraction of sp³-hybridized carbons (Fsp3) is 0.667. The van der Waals surface area contributed by atoms with Gasteiger partial charge in [0.25, 0.3) is 5.56 Å². The average molecular weight is 406 g/mol. The first-order valence-electron chi connectivity index (χ1n) is 10.3. The Morgan fingerprint density at radius 3 is 2.71 bits per heavy atom. The number of H-pyrrole nitrogens is 1. The maximum atomic E-state index is 12.8. The molecule has 6 nitrogen and oxygen atoms in total. The number of aryl methyl sites for hydroxylation is 1. The van der Waals surface area contributed by atoms with Crippen LogP contribution in [-0.4, -0.2) is 40.5 Å². The molecule has 1 atom stereocenters. The Labute approximate surface area is 170 Å². The average Bonchev–Trinajstić information content (AvgIpc) is 2.98. The summed E-state index contributed by atoms with van der Waals surface area (Å²) in [4.78, 5) is 36.7. The number of esters is 1. The first kappa shape index (κ1) is 21.0. The molecule has 7 heteroatoms. The molecule has 1 N–H and O–H groups in total. The van der Waals surface area contributed by atoms with Crippen LogP contribution in [0.1, 0.15) is 56.3 Å². The van der Waals surface area contributed by atoms with E-state index in [1.54, 1.807) is 11.3 Å². The lowest BCUT2D eigenvalue weighted by Crippen LogP contribution is -2.37. The van der Waals surface area contributed by atoms with Crippen molar-refractivity contribution in [1.82, 2.24) is 14.9 Å². The molecule has 1 saturated heterocycles. The second-order valence-electron chi connectivity index (χ2n) is 7.85. The van der Waals surface area contributed by atoms with E-state index in [-0.39, 0.29) is 17.4 Å². The number of hydrogen-bond donors (Lipinski definition) is 1. The van der Waals surface area contributed by atoms with E-state index in [2.05, 4.69) is 30.7 Å². The first-order valence-corrected chi connectivity index (χ1v) is 11.1. The number of fused-ring (bicyclic) bond motifs is 1. The highest BCUT2D eigenvalue weighted by molar-refractivity contribution is 7.18. The van der Waals surface area contributed by atoms with Gasteiger partial charge in [0.05, 0.1) is 24.5 Å². The van der Waals surface area contributed by atoms with E-state index < -0.39 is 0 Å². The van der Waals surface area contributed by atoms with Crippen LogP contribution in [0.25, 0.3) is 10.2 Å². The molecule has 3 heterocycles. The van der Waals surface area contributed by atoms with Crippen molar-refractivity contribution in [1.29, 1.82) is 0 Å². The number of aromatic amines is 1. The predicted molar refractivity (Wildman–Crippen MR) is 113 cm³/mol. The molecule has 1 fully saturated rings. The van der Waals surface area contributed by atoms with Gasteiger partial charge in [0.15, 0.2) is 0 Å². The number of carbonyl (C=O) groups is 1. The number of hydrogen-bond acceptors (Lipinski definition) is 6. The van der Waals surface area contributed by atoms with Crippen LogP contribution in [0.2, 0.25) is 0 Å². The van der Waals surface area contributed by atoms with E-state index in [0.717, 1.165) is 54.6 Å². The van der Waals surface area contributed by atoms with Crippen LogP contribution in [-0.2, 0) is 22.5 Å². The van der Waals surface area contributed by atoms with Gasteiger partial charge in [0.2, 0.25) is 0 Å². The minimum Gasteiger partial charge on any atom is -0.466 e.